The summed E-state index contributed by atoms with van der Waals surface area (Å²) in [6.45, 7) is 3.39. The topological polar surface area (TPSA) is 50.7 Å². The van der Waals surface area contributed by atoms with Crippen LogP contribution in [0.1, 0.15) is 28.4 Å². The van der Waals surface area contributed by atoms with Gasteiger partial charge in [0.05, 0.1) is 6.54 Å². The molecule has 0 atom stereocenters. The van der Waals surface area contributed by atoms with Crippen molar-refractivity contribution in [2.24, 2.45) is 4.99 Å². The first kappa shape index (κ1) is 16.6. The van der Waals surface area contributed by atoms with Crippen molar-refractivity contribution < 1.29 is 9.53 Å². The molecule has 124 valence electrons. The van der Waals surface area contributed by atoms with Crippen molar-refractivity contribution in [3.63, 3.8) is 0 Å². The summed E-state index contributed by atoms with van der Waals surface area (Å²) in [6, 6.07) is 15.6. The van der Waals surface area contributed by atoms with Crippen molar-refractivity contribution in [3.8, 4) is 5.75 Å². The smallest absolute Gasteiger partial charge is 0.257 e. The number of hydrogen-bond acceptors (Lipinski definition) is 4. The average Bonchev–Trinajstić information content (AvgIpc) is 3.14. The van der Waals surface area contributed by atoms with E-state index in [0.717, 1.165) is 30.0 Å². The maximum atomic E-state index is 12.1. The second-order valence-corrected chi connectivity index (χ2v) is 6.56. The SMILES string of the molecule is CCc1ccc(OCc2ccc(C(=O)NC3=NCCS3)cc2)cc1. The molecule has 0 bridgehead atoms. The lowest BCUT2D eigenvalue weighted by atomic mass is 10.1. The molecule has 0 aromatic heterocycles. The van der Waals surface area contributed by atoms with E-state index in [0.29, 0.717) is 17.3 Å². The van der Waals surface area contributed by atoms with Gasteiger partial charge in [-0.25, -0.2) is 0 Å². The van der Waals surface area contributed by atoms with Crippen LogP contribution in [0.15, 0.2) is 53.5 Å². The van der Waals surface area contributed by atoms with Crippen LogP contribution < -0.4 is 10.1 Å². The van der Waals surface area contributed by atoms with E-state index in [1.54, 1.807) is 11.8 Å². The second kappa shape index (κ2) is 8.02. The Hall–Kier alpha value is -2.27. The van der Waals surface area contributed by atoms with E-state index < -0.39 is 0 Å². The second-order valence-electron chi connectivity index (χ2n) is 5.47. The predicted molar refractivity (Wildman–Crippen MR) is 98.8 cm³/mol. The molecule has 1 heterocycles. The summed E-state index contributed by atoms with van der Waals surface area (Å²) in [5.74, 6) is 1.67. The molecule has 0 saturated carbocycles. The summed E-state index contributed by atoms with van der Waals surface area (Å²) >= 11 is 1.57. The van der Waals surface area contributed by atoms with Gasteiger partial charge in [-0.05, 0) is 41.8 Å². The fraction of sp³-hybridized carbons (Fsp3) is 0.263. The lowest BCUT2D eigenvalue weighted by Gasteiger charge is -2.08. The van der Waals surface area contributed by atoms with E-state index in [4.69, 9.17) is 4.74 Å². The molecule has 5 heteroatoms. The molecule has 4 nitrogen and oxygen atoms in total. The Kier molecular flexibility index (Phi) is 5.54. The van der Waals surface area contributed by atoms with Gasteiger partial charge in [0.1, 0.15) is 12.4 Å². The monoisotopic (exact) mass is 340 g/mol. The summed E-state index contributed by atoms with van der Waals surface area (Å²) < 4.78 is 5.78. The largest absolute Gasteiger partial charge is 0.489 e. The first-order valence-electron chi connectivity index (χ1n) is 8.04. The first-order chi connectivity index (χ1) is 11.7. The molecule has 2 aromatic carbocycles. The van der Waals surface area contributed by atoms with E-state index >= 15 is 0 Å². The van der Waals surface area contributed by atoms with Gasteiger partial charge < -0.3 is 10.1 Å². The van der Waals surface area contributed by atoms with Crippen LogP contribution in [0.25, 0.3) is 0 Å². The number of hydrogen-bond donors (Lipinski definition) is 1. The Labute approximate surface area is 146 Å². The number of nitrogens with one attached hydrogen (secondary N) is 1. The Morgan fingerprint density at radius 1 is 1.12 bits per heavy atom. The van der Waals surface area contributed by atoms with E-state index in [2.05, 4.69) is 29.4 Å². The van der Waals surface area contributed by atoms with Crippen molar-refractivity contribution >= 4 is 22.8 Å². The van der Waals surface area contributed by atoms with Crippen molar-refractivity contribution in [1.82, 2.24) is 5.32 Å². The van der Waals surface area contributed by atoms with Crippen LogP contribution in [0.4, 0.5) is 0 Å². The highest BCUT2D eigenvalue weighted by Crippen LogP contribution is 2.15. The Balaban J connectivity index is 1.54. The van der Waals surface area contributed by atoms with Crippen LogP contribution in [0.3, 0.4) is 0 Å². The van der Waals surface area contributed by atoms with Crippen molar-refractivity contribution in [2.45, 2.75) is 20.0 Å². The Morgan fingerprint density at radius 2 is 1.83 bits per heavy atom. The third-order valence-corrected chi connectivity index (χ3v) is 4.65. The molecular weight excluding hydrogens is 320 g/mol. The summed E-state index contributed by atoms with van der Waals surface area (Å²) in [5.41, 5.74) is 2.95. The fourth-order valence-corrected chi connectivity index (χ4v) is 3.04. The maximum Gasteiger partial charge on any atom is 0.257 e. The van der Waals surface area contributed by atoms with E-state index in [9.17, 15) is 4.79 Å². The predicted octanol–water partition coefficient (Wildman–Crippen LogP) is 3.66. The molecule has 1 aliphatic heterocycles. The molecule has 0 fully saturated rings. The van der Waals surface area contributed by atoms with Crippen molar-refractivity contribution in [3.05, 3.63) is 65.2 Å². The van der Waals surface area contributed by atoms with Gasteiger partial charge in [0.2, 0.25) is 0 Å². The van der Waals surface area contributed by atoms with Crippen molar-refractivity contribution in [1.29, 1.82) is 0 Å². The van der Waals surface area contributed by atoms with Crippen LogP contribution >= 0.6 is 11.8 Å². The van der Waals surface area contributed by atoms with Gasteiger partial charge in [0.25, 0.3) is 5.91 Å². The molecule has 0 radical (unpaired) electrons. The Morgan fingerprint density at radius 3 is 2.46 bits per heavy atom. The minimum atomic E-state index is -0.120. The molecule has 1 N–H and O–H groups in total. The maximum absolute atomic E-state index is 12.1. The van der Waals surface area contributed by atoms with Gasteiger partial charge in [-0.1, -0.05) is 43.0 Å². The quantitative estimate of drug-likeness (QED) is 0.904. The molecule has 2 aromatic rings. The number of rotatable bonds is 5. The zero-order chi connectivity index (χ0) is 16.8. The molecule has 0 unspecified atom stereocenters. The average molecular weight is 340 g/mol. The van der Waals surface area contributed by atoms with Gasteiger partial charge in [-0.3, -0.25) is 9.79 Å². The number of benzene rings is 2. The standard InChI is InChI=1S/C19H20N2O2S/c1-2-14-5-9-17(10-6-14)23-13-15-3-7-16(8-4-15)18(22)21-19-20-11-12-24-19/h3-10H,2,11-13H2,1H3,(H,20,21,22). The molecule has 0 aliphatic carbocycles. The van der Waals surface area contributed by atoms with E-state index in [1.165, 1.54) is 5.56 Å². The number of carbonyl (C=O) groups excluding carboxylic acids is 1. The van der Waals surface area contributed by atoms with E-state index in [-0.39, 0.29) is 5.91 Å². The van der Waals surface area contributed by atoms with Crippen LogP contribution in [0.5, 0.6) is 5.75 Å². The van der Waals surface area contributed by atoms with Crippen molar-refractivity contribution in [2.75, 3.05) is 12.3 Å². The summed E-state index contributed by atoms with van der Waals surface area (Å²) in [7, 11) is 0. The number of aryl methyl sites for hydroxylation is 1. The van der Waals surface area contributed by atoms with Gasteiger partial charge in [-0.2, -0.15) is 0 Å². The van der Waals surface area contributed by atoms with Gasteiger partial charge in [-0.15, -0.1) is 0 Å². The lowest BCUT2D eigenvalue weighted by Crippen LogP contribution is -2.27. The summed E-state index contributed by atoms with van der Waals surface area (Å²) in [6.07, 6.45) is 1.02. The summed E-state index contributed by atoms with van der Waals surface area (Å²) in [4.78, 5) is 16.3. The normalized spacial score (nSPS) is 13.5. The minimum absolute atomic E-state index is 0.120. The first-order valence-corrected chi connectivity index (χ1v) is 9.02. The molecule has 1 amide bonds. The van der Waals surface area contributed by atoms with Crippen LogP contribution in [-0.2, 0) is 13.0 Å². The van der Waals surface area contributed by atoms with Gasteiger partial charge >= 0.3 is 0 Å². The number of thioether (sulfide) groups is 1. The van der Waals surface area contributed by atoms with E-state index in [1.807, 2.05) is 36.4 Å². The zero-order valence-electron chi connectivity index (χ0n) is 13.6. The molecule has 24 heavy (non-hydrogen) atoms. The molecule has 3 rings (SSSR count). The molecular formula is C19H20N2O2S. The number of aliphatic imine (C=N–C) groups is 1. The number of amidine groups is 1. The zero-order valence-corrected chi connectivity index (χ0v) is 14.4. The van der Waals surface area contributed by atoms with Crippen LogP contribution in [-0.4, -0.2) is 23.4 Å². The highest BCUT2D eigenvalue weighted by Gasteiger charge is 2.12. The number of ether oxygens (including phenoxy) is 1. The lowest BCUT2D eigenvalue weighted by molar-refractivity contribution is 0.0978. The molecule has 1 aliphatic rings. The van der Waals surface area contributed by atoms with Crippen LogP contribution in [0, 0.1) is 0 Å². The van der Waals surface area contributed by atoms with Gasteiger partial charge in [0.15, 0.2) is 5.17 Å². The highest BCUT2D eigenvalue weighted by atomic mass is 32.2. The fourth-order valence-electron chi connectivity index (χ4n) is 2.32. The van der Waals surface area contributed by atoms with Crippen LogP contribution in [0.2, 0.25) is 0 Å². The molecule has 0 spiro atoms. The highest BCUT2D eigenvalue weighted by molar-refractivity contribution is 8.14. The number of nitrogens with zero attached hydrogens (tertiary/aromatic N) is 1. The summed E-state index contributed by atoms with van der Waals surface area (Å²) in [5, 5.41) is 3.54. The third-order valence-electron chi connectivity index (χ3n) is 3.76. The molecule has 0 saturated heterocycles. The third kappa shape index (κ3) is 4.38. The van der Waals surface area contributed by atoms with Gasteiger partial charge in [0, 0.05) is 11.3 Å². The Bertz CT molecular complexity index is 724. The number of amides is 1. The minimum Gasteiger partial charge on any atom is -0.489 e. The number of carbonyl (C=O) groups is 1.